The van der Waals surface area contributed by atoms with E-state index in [0.717, 1.165) is 31.4 Å². The normalized spacial score (nSPS) is 19.2. The first-order valence-corrected chi connectivity index (χ1v) is 5.98. The smallest absolute Gasteiger partial charge is 0.171 e. The van der Waals surface area contributed by atoms with E-state index in [2.05, 4.69) is 0 Å². The van der Waals surface area contributed by atoms with Gasteiger partial charge in [0.05, 0.1) is 0 Å². The van der Waals surface area contributed by atoms with Crippen LogP contribution in [0.25, 0.3) is 0 Å². The highest BCUT2D eigenvalue weighted by Gasteiger charge is 2.38. The number of phenolic OH excluding ortho intramolecular Hbond substituents is 1. The third kappa shape index (κ3) is 2.02. The van der Waals surface area contributed by atoms with Gasteiger partial charge in [-0.1, -0.05) is 19.3 Å². The first-order valence-electron chi connectivity index (χ1n) is 5.98. The van der Waals surface area contributed by atoms with Crippen molar-refractivity contribution >= 4 is 0 Å². The quantitative estimate of drug-likeness (QED) is 0.836. The van der Waals surface area contributed by atoms with Gasteiger partial charge in [-0.25, -0.2) is 8.78 Å². The molecule has 0 radical (unpaired) electrons. The lowest BCUT2D eigenvalue weighted by atomic mass is 9.69. The van der Waals surface area contributed by atoms with Gasteiger partial charge >= 0.3 is 0 Å². The number of phenols is 1. The van der Waals surface area contributed by atoms with Gasteiger partial charge in [0.25, 0.3) is 0 Å². The monoisotopic (exact) mass is 241 g/mol. The molecule has 0 saturated heterocycles. The Balaban J connectivity index is 2.53. The van der Waals surface area contributed by atoms with Gasteiger partial charge in [-0.3, -0.25) is 0 Å². The van der Waals surface area contributed by atoms with Gasteiger partial charge in [0.1, 0.15) is 5.82 Å². The van der Waals surface area contributed by atoms with Crippen molar-refractivity contribution in [2.45, 2.75) is 37.5 Å². The van der Waals surface area contributed by atoms with Crippen molar-refractivity contribution in [2.75, 3.05) is 6.54 Å². The van der Waals surface area contributed by atoms with E-state index < -0.39 is 22.8 Å². The van der Waals surface area contributed by atoms with E-state index >= 15 is 0 Å². The summed E-state index contributed by atoms with van der Waals surface area (Å²) in [5.74, 6) is -1.95. The van der Waals surface area contributed by atoms with E-state index in [1.165, 1.54) is 0 Å². The predicted molar refractivity (Wildman–Crippen MR) is 61.8 cm³/mol. The van der Waals surface area contributed by atoms with E-state index in [1.54, 1.807) is 0 Å². The number of nitrogens with two attached hydrogens (primary N) is 1. The number of halogens is 2. The van der Waals surface area contributed by atoms with Gasteiger partial charge in [0, 0.05) is 17.5 Å². The average Bonchev–Trinajstić information content (AvgIpc) is 2.35. The van der Waals surface area contributed by atoms with Gasteiger partial charge in [-0.05, 0) is 25.0 Å². The lowest BCUT2D eigenvalue weighted by molar-refractivity contribution is 0.277. The molecule has 2 rings (SSSR count). The highest BCUT2D eigenvalue weighted by atomic mass is 19.1. The van der Waals surface area contributed by atoms with Crippen molar-refractivity contribution < 1.29 is 13.9 Å². The third-order valence-corrected chi connectivity index (χ3v) is 3.80. The molecule has 0 amide bonds. The Morgan fingerprint density at radius 2 is 1.82 bits per heavy atom. The Kier molecular flexibility index (Phi) is 3.33. The molecular weight excluding hydrogens is 224 g/mol. The molecule has 4 heteroatoms. The van der Waals surface area contributed by atoms with Crippen LogP contribution in [0, 0.1) is 11.6 Å². The van der Waals surface area contributed by atoms with Crippen LogP contribution in [0.1, 0.15) is 37.7 Å². The van der Waals surface area contributed by atoms with Crippen LogP contribution in [0.15, 0.2) is 12.1 Å². The lowest BCUT2D eigenvalue weighted by Gasteiger charge is -2.37. The third-order valence-electron chi connectivity index (χ3n) is 3.80. The van der Waals surface area contributed by atoms with Crippen molar-refractivity contribution in [2.24, 2.45) is 5.73 Å². The Bertz CT molecular complexity index is 414. The van der Waals surface area contributed by atoms with Crippen LogP contribution < -0.4 is 5.73 Å². The van der Waals surface area contributed by atoms with Gasteiger partial charge in [0.2, 0.25) is 0 Å². The molecule has 1 aliphatic carbocycles. The summed E-state index contributed by atoms with van der Waals surface area (Å²) in [5, 5.41) is 9.38. The summed E-state index contributed by atoms with van der Waals surface area (Å²) in [4.78, 5) is 0. The fourth-order valence-corrected chi connectivity index (χ4v) is 2.81. The zero-order valence-electron chi connectivity index (χ0n) is 9.68. The molecule has 1 aromatic carbocycles. The van der Waals surface area contributed by atoms with E-state index in [0.29, 0.717) is 12.8 Å². The van der Waals surface area contributed by atoms with Crippen LogP contribution in [0.3, 0.4) is 0 Å². The number of benzene rings is 1. The first kappa shape index (κ1) is 12.3. The summed E-state index contributed by atoms with van der Waals surface area (Å²) in [6.45, 7) is 0.213. The minimum absolute atomic E-state index is 0.0281. The van der Waals surface area contributed by atoms with Crippen molar-refractivity contribution in [1.29, 1.82) is 0 Å². The molecule has 1 saturated carbocycles. The molecular formula is C13H17F2NO. The summed E-state index contributed by atoms with van der Waals surface area (Å²) >= 11 is 0. The first-order chi connectivity index (χ1) is 8.10. The molecule has 0 unspecified atom stereocenters. The van der Waals surface area contributed by atoms with E-state index in [4.69, 9.17) is 5.73 Å². The summed E-state index contributed by atoms with van der Waals surface area (Å²) in [6, 6.07) is 2.15. The molecule has 3 N–H and O–H groups in total. The molecule has 0 heterocycles. The van der Waals surface area contributed by atoms with E-state index in [-0.39, 0.29) is 12.1 Å². The van der Waals surface area contributed by atoms with Crippen LogP contribution in [0.5, 0.6) is 5.75 Å². The molecule has 1 fully saturated rings. The van der Waals surface area contributed by atoms with Gasteiger partial charge < -0.3 is 10.8 Å². The Morgan fingerprint density at radius 3 is 2.41 bits per heavy atom. The summed E-state index contributed by atoms with van der Waals surface area (Å²) in [7, 11) is 0. The van der Waals surface area contributed by atoms with Gasteiger partial charge in [-0.2, -0.15) is 0 Å². The second-order valence-corrected chi connectivity index (χ2v) is 4.80. The zero-order valence-corrected chi connectivity index (χ0v) is 9.68. The van der Waals surface area contributed by atoms with Gasteiger partial charge in [-0.15, -0.1) is 0 Å². The zero-order chi connectivity index (χ0) is 12.5. The van der Waals surface area contributed by atoms with E-state index in [1.807, 2.05) is 0 Å². The topological polar surface area (TPSA) is 46.2 Å². The fourth-order valence-electron chi connectivity index (χ4n) is 2.81. The van der Waals surface area contributed by atoms with Crippen molar-refractivity contribution in [3.8, 4) is 5.75 Å². The Hall–Kier alpha value is -1.16. The molecule has 94 valence electrons. The maximum absolute atomic E-state index is 13.9. The summed E-state index contributed by atoms with van der Waals surface area (Å²) < 4.78 is 27.8. The maximum atomic E-state index is 13.9. The van der Waals surface area contributed by atoms with Crippen molar-refractivity contribution in [1.82, 2.24) is 0 Å². The minimum atomic E-state index is -0.850. The number of aromatic hydroxyl groups is 1. The Morgan fingerprint density at radius 1 is 1.18 bits per heavy atom. The van der Waals surface area contributed by atoms with Crippen LogP contribution in [0.4, 0.5) is 8.78 Å². The molecule has 1 aliphatic rings. The predicted octanol–water partition coefficient (Wildman–Crippen LogP) is 2.83. The van der Waals surface area contributed by atoms with Crippen molar-refractivity contribution in [3.63, 3.8) is 0 Å². The number of rotatable bonds is 2. The van der Waals surface area contributed by atoms with Crippen LogP contribution in [-0.2, 0) is 5.41 Å². The molecule has 0 spiro atoms. The highest BCUT2D eigenvalue weighted by molar-refractivity contribution is 5.37. The molecule has 2 nitrogen and oxygen atoms in total. The minimum Gasteiger partial charge on any atom is -0.505 e. The van der Waals surface area contributed by atoms with E-state index in [9.17, 15) is 13.9 Å². The number of hydrogen-bond donors (Lipinski definition) is 2. The fraction of sp³-hybridized carbons (Fsp3) is 0.538. The molecule has 0 aromatic heterocycles. The standard InChI is InChI=1S/C13H17F2NO/c14-9-4-5-10(17)12(15)11(9)13(8-16)6-2-1-3-7-13/h4-5,17H,1-3,6-8,16H2. The highest BCUT2D eigenvalue weighted by Crippen LogP contribution is 2.42. The molecule has 17 heavy (non-hydrogen) atoms. The molecule has 1 aromatic rings. The SMILES string of the molecule is NCC1(c2c(F)ccc(O)c2F)CCCCC1. The van der Waals surface area contributed by atoms with Crippen LogP contribution in [-0.4, -0.2) is 11.7 Å². The van der Waals surface area contributed by atoms with Crippen molar-refractivity contribution in [3.05, 3.63) is 29.3 Å². The average molecular weight is 241 g/mol. The lowest BCUT2D eigenvalue weighted by Crippen LogP contribution is -2.38. The Labute approximate surface area is 99.4 Å². The van der Waals surface area contributed by atoms with Crippen LogP contribution >= 0.6 is 0 Å². The second kappa shape index (κ2) is 4.61. The van der Waals surface area contributed by atoms with Gasteiger partial charge in [0.15, 0.2) is 11.6 Å². The largest absolute Gasteiger partial charge is 0.505 e. The molecule has 0 aliphatic heterocycles. The van der Waals surface area contributed by atoms with Crippen LogP contribution in [0.2, 0.25) is 0 Å². The molecule has 0 atom stereocenters. The summed E-state index contributed by atoms with van der Waals surface area (Å²) in [5.41, 5.74) is 5.07. The second-order valence-electron chi connectivity index (χ2n) is 4.80. The number of hydrogen-bond acceptors (Lipinski definition) is 2. The summed E-state index contributed by atoms with van der Waals surface area (Å²) in [6.07, 6.45) is 4.28. The molecule has 0 bridgehead atoms. The maximum Gasteiger partial charge on any atom is 0.171 e.